The highest BCUT2D eigenvalue weighted by molar-refractivity contribution is 7.89. The summed E-state index contributed by atoms with van der Waals surface area (Å²) in [6.07, 6.45) is 3.17. The number of nitrogens with two attached hydrogens (primary N) is 1. The van der Waals surface area contributed by atoms with E-state index in [1.54, 1.807) is 0 Å². The van der Waals surface area contributed by atoms with E-state index in [4.69, 9.17) is 17.3 Å². The summed E-state index contributed by atoms with van der Waals surface area (Å²) in [5.74, 6) is 0.393. The Labute approximate surface area is 130 Å². The summed E-state index contributed by atoms with van der Waals surface area (Å²) in [5.41, 5.74) is 4.94. The van der Waals surface area contributed by atoms with Crippen LogP contribution in [0.5, 0.6) is 0 Å². The number of benzene rings is 1. The molecule has 2 unspecified atom stereocenters. The first-order chi connectivity index (χ1) is 9.72. The Hall–Kier alpha value is -0.820. The second kappa shape index (κ2) is 6.12. The summed E-state index contributed by atoms with van der Waals surface area (Å²) in [6.45, 7) is 2.05. The molecule has 21 heavy (non-hydrogen) atoms. The van der Waals surface area contributed by atoms with Crippen LogP contribution in [0.3, 0.4) is 0 Å². The predicted octanol–water partition coefficient (Wildman–Crippen LogP) is 2.14. The molecule has 1 aliphatic carbocycles. The summed E-state index contributed by atoms with van der Waals surface area (Å²) in [5, 5.41) is 10.6. The van der Waals surface area contributed by atoms with Crippen molar-refractivity contribution in [2.24, 2.45) is 5.92 Å². The zero-order valence-electron chi connectivity index (χ0n) is 12.0. The van der Waals surface area contributed by atoms with E-state index in [1.807, 2.05) is 0 Å². The van der Waals surface area contributed by atoms with E-state index in [0.29, 0.717) is 24.4 Å². The molecule has 118 valence electrons. The molecule has 7 heteroatoms. The predicted molar refractivity (Wildman–Crippen MR) is 83.6 cm³/mol. The van der Waals surface area contributed by atoms with Gasteiger partial charge in [0.1, 0.15) is 4.90 Å². The van der Waals surface area contributed by atoms with Crippen LogP contribution in [-0.2, 0) is 10.0 Å². The summed E-state index contributed by atoms with van der Waals surface area (Å²) >= 11 is 5.92. The maximum absolute atomic E-state index is 12.3. The van der Waals surface area contributed by atoms with Gasteiger partial charge >= 0.3 is 0 Å². The van der Waals surface area contributed by atoms with Crippen LogP contribution in [0, 0.1) is 5.92 Å². The number of aliphatic hydroxyl groups is 1. The molecule has 1 saturated carbocycles. The van der Waals surface area contributed by atoms with Crippen molar-refractivity contribution in [2.45, 2.75) is 43.1 Å². The van der Waals surface area contributed by atoms with Gasteiger partial charge in [0.25, 0.3) is 0 Å². The van der Waals surface area contributed by atoms with Gasteiger partial charge in [0.15, 0.2) is 0 Å². The topological polar surface area (TPSA) is 92.4 Å². The maximum Gasteiger partial charge on any atom is 0.242 e. The lowest BCUT2D eigenvalue weighted by atomic mass is 9.79. The van der Waals surface area contributed by atoms with Crippen LogP contribution in [0.1, 0.15) is 32.6 Å². The summed E-state index contributed by atoms with van der Waals surface area (Å²) in [6, 6.07) is 4.30. The second-order valence-electron chi connectivity index (χ2n) is 5.94. The third-order valence-electron chi connectivity index (χ3n) is 3.90. The summed E-state index contributed by atoms with van der Waals surface area (Å²) < 4.78 is 27.1. The van der Waals surface area contributed by atoms with Gasteiger partial charge in [-0.05, 0) is 37.0 Å². The second-order valence-corrected chi connectivity index (χ2v) is 8.08. The van der Waals surface area contributed by atoms with Crippen LogP contribution < -0.4 is 10.5 Å². The Morgan fingerprint density at radius 2 is 2.24 bits per heavy atom. The largest absolute Gasteiger partial charge is 0.399 e. The number of sulfonamides is 1. The highest BCUT2D eigenvalue weighted by atomic mass is 35.5. The minimum absolute atomic E-state index is 0.00913. The fourth-order valence-corrected chi connectivity index (χ4v) is 4.48. The quantitative estimate of drug-likeness (QED) is 0.736. The molecule has 0 saturated heterocycles. The molecule has 0 radical (unpaired) electrons. The van der Waals surface area contributed by atoms with Crippen LogP contribution in [0.15, 0.2) is 23.1 Å². The number of nitrogen functional groups attached to an aromatic ring is 1. The molecule has 1 aromatic rings. The molecule has 0 bridgehead atoms. The van der Waals surface area contributed by atoms with Gasteiger partial charge < -0.3 is 10.8 Å². The lowest BCUT2D eigenvalue weighted by Crippen LogP contribution is -2.45. The standard InChI is InChI=1S/C14H21ClN2O3S/c1-10-3-2-6-14(18,8-10)9-17-21(19,20)13-7-11(16)4-5-12(13)15/h4-5,7,10,17-18H,2-3,6,8-9,16H2,1H3. The monoisotopic (exact) mass is 332 g/mol. The molecule has 0 aliphatic heterocycles. The first-order valence-electron chi connectivity index (χ1n) is 6.99. The fraction of sp³-hybridized carbons (Fsp3) is 0.571. The van der Waals surface area contributed by atoms with Crippen molar-refractivity contribution in [3.05, 3.63) is 23.2 Å². The maximum atomic E-state index is 12.3. The molecular weight excluding hydrogens is 312 g/mol. The van der Waals surface area contributed by atoms with Gasteiger partial charge in [0, 0.05) is 12.2 Å². The van der Waals surface area contributed by atoms with Crippen molar-refractivity contribution in [3.8, 4) is 0 Å². The smallest absolute Gasteiger partial charge is 0.242 e. The first-order valence-corrected chi connectivity index (χ1v) is 8.85. The first kappa shape index (κ1) is 16.5. The lowest BCUT2D eigenvalue weighted by Gasteiger charge is -2.35. The van der Waals surface area contributed by atoms with E-state index in [-0.39, 0.29) is 16.5 Å². The molecule has 1 aromatic carbocycles. The van der Waals surface area contributed by atoms with E-state index in [1.165, 1.54) is 18.2 Å². The van der Waals surface area contributed by atoms with Crippen molar-refractivity contribution in [2.75, 3.05) is 12.3 Å². The average Bonchev–Trinajstić information content (AvgIpc) is 2.39. The van der Waals surface area contributed by atoms with Crippen molar-refractivity contribution < 1.29 is 13.5 Å². The zero-order chi connectivity index (χ0) is 15.7. The van der Waals surface area contributed by atoms with E-state index in [9.17, 15) is 13.5 Å². The van der Waals surface area contributed by atoms with E-state index < -0.39 is 15.6 Å². The Morgan fingerprint density at radius 3 is 2.90 bits per heavy atom. The highest BCUT2D eigenvalue weighted by Crippen LogP contribution is 2.32. The number of hydrogen-bond donors (Lipinski definition) is 3. The lowest BCUT2D eigenvalue weighted by molar-refractivity contribution is -0.00751. The fourth-order valence-electron chi connectivity index (χ4n) is 2.83. The molecule has 1 aliphatic rings. The number of halogens is 1. The zero-order valence-corrected chi connectivity index (χ0v) is 13.5. The number of anilines is 1. The normalized spacial score (nSPS) is 26.7. The third kappa shape index (κ3) is 4.10. The molecule has 0 amide bonds. The number of hydrogen-bond acceptors (Lipinski definition) is 4. The van der Waals surface area contributed by atoms with Gasteiger partial charge in [-0.3, -0.25) is 0 Å². The van der Waals surface area contributed by atoms with Crippen LogP contribution in [0.25, 0.3) is 0 Å². The van der Waals surface area contributed by atoms with Crippen molar-refractivity contribution in [1.29, 1.82) is 0 Å². The van der Waals surface area contributed by atoms with Gasteiger partial charge in [-0.15, -0.1) is 0 Å². The van der Waals surface area contributed by atoms with Crippen molar-refractivity contribution in [1.82, 2.24) is 4.72 Å². The molecule has 0 heterocycles. The minimum atomic E-state index is -3.79. The molecule has 0 spiro atoms. The van der Waals surface area contributed by atoms with E-state index in [0.717, 1.165) is 12.8 Å². The van der Waals surface area contributed by atoms with Crippen LogP contribution in [-0.4, -0.2) is 25.7 Å². The minimum Gasteiger partial charge on any atom is -0.399 e. The Kier molecular flexibility index (Phi) is 4.82. The van der Waals surface area contributed by atoms with Gasteiger partial charge in [0.05, 0.1) is 10.6 Å². The molecule has 0 aromatic heterocycles. The van der Waals surface area contributed by atoms with Gasteiger partial charge in [-0.1, -0.05) is 31.4 Å². The summed E-state index contributed by atoms with van der Waals surface area (Å²) in [4.78, 5) is -0.0587. The van der Waals surface area contributed by atoms with Crippen molar-refractivity contribution in [3.63, 3.8) is 0 Å². The van der Waals surface area contributed by atoms with Gasteiger partial charge in [-0.2, -0.15) is 0 Å². The SMILES string of the molecule is CC1CCCC(O)(CNS(=O)(=O)c2cc(N)ccc2Cl)C1. The molecule has 1 fully saturated rings. The summed E-state index contributed by atoms with van der Waals surface area (Å²) in [7, 11) is -3.79. The molecule has 5 nitrogen and oxygen atoms in total. The molecule has 4 N–H and O–H groups in total. The Morgan fingerprint density at radius 1 is 1.52 bits per heavy atom. The number of nitrogens with one attached hydrogen (secondary N) is 1. The average molecular weight is 333 g/mol. The Bertz CT molecular complexity index is 621. The van der Waals surface area contributed by atoms with Crippen LogP contribution >= 0.6 is 11.6 Å². The van der Waals surface area contributed by atoms with Crippen molar-refractivity contribution >= 4 is 27.3 Å². The Balaban J connectivity index is 2.13. The van der Waals surface area contributed by atoms with Gasteiger partial charge in [0.2, 0.25) is 10.0 Å². The van der Waals surface area contributed by atoms with E-state index >= 15 is 0 Å². The third-order valence-corrected chi connectivity index (χ3v) is 5.79. The molecule has 2 rings (SSSR count). The number of rotatable bonds is 4. The van der Waals surface area contributed by atoms with Crippen LogP contribution in [0.2, 0.25) is 5.02 Å². The highest BCUT2D eigenvalue weighted by Gasteiger charge is 2.34. The molecule has 2 atom stereocenters. The van der Waals surface area contributed by atoms with Crippen LogP contribution in [0.4, 0.5) is 5.69 Å². The van der Waals surface area contributed by atoms with Gasteiger partial charge in [-0.25, -0.2) is 13.1 Å². The molecular formula is C14H21ClN2O3S. The van der Waals surface area contributed by atoms with E-state index in [2.05, 4.69) is 11.6 Å².